The van der Waals surface area contributed by atoms with Crippen LogP contribution < -0.4 is 4.72 Å². The minimum atomic E-state index is -4.29. The maximum Gasteiger partial charge on any atom is 0.421 e. The monoisotopic (exact) mass is 830 g/mol. The zero-order valence-corrected chi connectivity index (χ0v) is 36.1. The number of carbonyl (C=O) groups is 3. The highest BCUT2D eigenvalue weighted by molar-refractivity contribution is 8.29. The van der Waals surface area contributed by atoms with Crippen molar-refractivity contribution in [3.8, 4) is 0 Å². The normalized spacial score (nSPS) is 31.5. The van der Waals surface area contributed by atoms with Gasteiger partial charge in [-0.05, 0) is 80.7 Å². The molecule has 3 aliphatic rings. The lowest BCUT2D eigenvalue weighted by Gasteiger charge is -2.48. The number of carbonyl (C=O) groups excluding carboxylic acids is 3. The fourth-order valence-electron chi connectivity index (χ4n) is 7.84. The van der Waals surface area contributed by atoms with Gasteiger partial charge in [-0.3, -0.25) is 0 Å². The lowest BCUT2D eigenvalue weighted by Crippen LogP contribution is -2.52. The molecule has 1 saturated carbocycles. The zero-order valence-electron chi connectivity index (χ0n) is 34.4. The van der Waals surface area contributed by atoms with E-state index in [0.29, 0.717) is 11.1 Å². The number of benzene rings is 1. The van der Waals surface area contributed by atoms with Crippen LogP contribution in [-0.2, 0) is 37.9 Å². The number of nitrogens with one attached hydrogen (secondary N) is 2. The zero-order chi connectivity index (χ0) is 42.1. The van der Waals surface area contributed by atoms with Crippen molar-refractivity contribution in [1.82, 2.24) is 9.71 Å². The molecule has 15 heteroatoms. The van der Waals surface area contributed by atoms with Crippen molar-refractivity contribution in [2.75, 3.05) is 19.6 Å². The third kappa shape index (κ3) is 9.56. The minimum absolute atomic E-state index is 0.00737. The molecule has 1 aromatic heterocycles. The predicted octanol–water partition coefficient (Wildman–Crippen LogP) is 6.61. The molecule has 0 bridgehead atoms. The average molecular weight is 831 g/mol. The van der Waals surface area contributed by atoms with Crippen molar-refractivity contribution in [3.63, 3.8) is 0 Å². The second-order valence-corrected chi connectivity index (χ2v) is 22.3. The van der Waals surface area contributed by atoms with Crippen LogP contribution in [0.5, 0.6) is 0 Å². The summed E-state index contributed by atoms with van der Waals surface area (Å²) in [6.07, 6.45) is 4.10. The van der Waals surface area contributed by atoms with Crippen molar-refractivity contribution < 1.29 is 51.0 Å². The maximum absolute atomic E-state index is 13.9. The number of hydrogen-bond donors (Lipinski definition) is 3. The summed E-state index contributed by atoms with van der Waals surface area (Å²) < 4.78 is 58.6. The van der Waals surface area contributed by atoms with Gasteiger partial charge in [0.1, 0.15) is 30.1 Å². The molecule has 2 aromatic rings. The SMILES string of the molecule is CO[C@H]1CC2C=C=C3C[C@H](OC(=O)c4ccc[nH]4)[C@H](C)[C@@H](OC(=O)NS(=O)(=O)c4ccccc4)C[C@H]3[C@]2(O)/C(C)=C/[C@@H](C)[C@@H](C(C)OS(C)(C)C(C)(C)C)OC1=O. The number of hydrogen-bond acceptors (Lipinski definition) is 11. The van der Waals surface area contributed by atoms with E-state index >= 15 is 0 Å². The first-order chi connectivity index (χ1) is 26.6. The van der Waals surface area contributed by atoms with E-state index in [0.717, 1.165) is 0 Å². The first-order valence-corrected chi connectivity index (χ1v) is 23.1. The number of rotatable bonds is 9. The van der Waals surface area contributed by atoms with Gasteiger partial charge in [-0.25, -0.2) is 27.5 Å². The Morgan fingerprint density at radius 1 is 1.05 bits per heavy atom. The van der Waals surface area contributed by atoms with Crippen molar-refractivity contribution in [3.05, 3.63) is 83.4 Å². The highest BCUT2D eigenvalue weighted by atomic mass is 32.3. The molecule has 0 saturated heterocycles. The molecule has 10 atom stereocenters. The Morgan fingerprint density at radius 3 is 2.35 bits per heavy atom. The number of amides is 1. The number of aliphatic hydroxyl groups is 1. The molecule has 0 radical (unpaired) electrons. The van der Waals surface area contributed by atoms with E-state index in [1.165, 1.54) is 31.4 Å². The second kappa shape index (κ2) is 17.2. The Labute approximate surface area is 338 Å². The molecule has 1 amide bonds. The van der Waals surface area contributed by atoms with Gasteiger partial charge in [0, 0.05) is 48.1 Å². The first kappa shape index (κ1) is 44.3. The number of H-pyrrole nitrogens is 1. The van der Waals surface area contributed by atoms with Crippen molar-refractivity contribution in [2.24, 2.45) is 23.7 Å². The maximum atomic E-state index is 13.9. The van der Waals surface area contributed by atoms with Crippen LogP contribution in [-0.4, -0.2) is 97.0 Å². The van der Waals surface area contributed by atoms with Gasteiger partial charge in [0.25, 0.3) is 10.0 Å². The van der Waals surface area contributed by atoms with Crippen LogP contribution in [0.3, 0.4) is 0 Å². The van der Waals surface area contributed by atoms with Crippen molar-refractivity contribution in [1.29, 1.82) is 0 Å². The van der Waals surface area contributed by atoms with Gasteiger partial charge in [0.05, 0.1) is 10.5 Å². The van der Waals surface area contributed by atoms with Gasteiger partial charge in [-0.1, -0.05) is 58.9 Å². The predicted molar refractivity (Wildman–Crippen MR) is 217 cm³/mol. The second-order valence-electron chi connectivity index (χ2n) is 16.7. The molecule has 0 spiro atoms. The van der Waals surface area contributed by atoms with Crippen LogP contribution in [0.1, 0.15) is 78.2 Å². The van der Waals surface area contributed by atoms with Crippen LogP contribution >= 0.6 is 10.3 Å². The summed E-state index contributed by atoms with van der Waals surface area (Å²) in [5.74, 6) is -3.82. The number of esters is 2. The molecule has 2 heterocycles. The number of cyclic esters (lactones) is 1. The quantitative estimate of drug-likeness (QED) is 0.107. The topological polar surface area (TPSA) is 180 Å². The first-order valence-electron chi connectivity index (χ1n) is 19.2. The van der Waals surface area contributed by atoms with E-state index in [1.807, 2.05) is 31.6 Å². The number of aromatic nitrogens is 1. The summed E-state index contributed by atoms with van der Waals surface area (Å²) >= 11 is 0. The third-order valence-corrected chi connectivity index (χ3v) is 17.0. The highest BCUT2D eigenvalue weighted by Crippen LogP contribution is 2.55. The summed E-state index contributed by atoms with van der Waals surface area (Å²) in [4.78, 5) is 43.4. The molecular formula is C42H58N2O11S2. The van der Waals surface area contributed by atoms with Crippen molar-refractivity contribution >= 4 is 38.4 Å². The molecule has 1 fully saturated rings. The fraction of sp³-hybridized carbons (Fsp3) is 0.571. The van der Waals surface area contributed by atoms with Gasteiger partial charge in [0.2, 0.25) is 0 Å². The Bertz CT molecular complexity index is 1980. The Morgan fingerprint density at radius 2 is 1.74 bits per heavy atom. The Kier molecular flexibility index (Phi) is 13.3. The number of sulfonamides is 1. The lowest BCUT2D eigenvalue weighted by molar-refractivity contribution is -0.170. The van der Waals surface area contributed by atoms with Crippen LogP contribution in [0, 0.1) is 23.7 Å². The molecule has 3 N–H and O–H groups in total. The van der Waals surface area contributed by atoms with Gasteiger partial charge < -0.3 is 33.2 Å². The van der Waals surface area contributed by atoms with E-state index < -0.39 is 98.2 Å². The highest BCUT2D eigenvalue weighted by Gasteiger charge is 2.54. The molecule has 1 aromatic carbocycles. The van der Waals surface area contributed by atoms with E-state index in [1.54, 1.807) is 37.4 Å². The molecule has 57 heavy (non-hydrogen) atoms. The van der Waals surface area contributed by atoms with Gasteiger partial charge >= 0.3 is 18.0 Å². The number of aromatic amines is 1. The van der Waals surface area contributed by atoms with Crippen LogP contribution in [0.15, 0.2) is 82.6 Å². The van der Waals surface area contributed by atoms with E-state index in [4.69, 9.17) is 23.1 Å². The van der Waals surface area contributed by atoms with Gasteiger partial charge in [0.15, 0.2) is 6.10 Å². The fourth-order valence-corrected chi connectivity index (χ4v) is 9.90. The number of methoxy groups -OCH3 is 1. The van der Waals surface area contributed by atoms with Crippen LogP contribution in [0.4, 0.5) is 4.79 Å². The van der Waals surface area contributed by atoms with Crippen molar-refractivity contribution in [2.45, 2.75) is 113 Å². The molecule has 314 valence electrons. The molecule has 5 rings (SSSR count). The largest absolute Gasteiger partial charge is 0.457 e. The summed E-state index contributed by atoms with van der Waals surface area (Å²) in [6, 6.07) is 10.7. The molecule has 2 unspecified atom stereocenters. The molecular weight excluding hydrogens is 773 g/mol. The standard InChI is InChI=1S/C42H58N2O11S2/c1-25-21-26(2)42(48)30(23-36(51-8)39(46)54-37(25)28(4)55-56(9,10)41(5,6)7)19-18-29-22-34(52-38(45)33-17-14-20-43-33)27(3)35(24-32(29)42)53-40(47)44-57(49,50)31-15-12-11-13-16-31/h11-17,19-21,25,27-28,30,32,34-37,43,48H,22-24H2,1-10H3,(H,44,47)/b26-21+/t25-,27+,28?,30?,32-,34+,35+,36+,37+,42+/m1/s1. The number of fused-ring (bicyclic) bond motifs is 3. The summed E-state index contributed by atoms with van der Waals surface area (Å²) in [6.45, 7) is 13.7. The van der Waals surface area contributed by atoms with Gasteiger partial charge in [-0.2, -0.15) is 0 Å². The average Bonchev–Trinajstić information content (AvgIpc) is 3.64. The minimum Gasteiger partial charge on any atom is -0.457 e. The number of ether oxygens (including phenoxy) is 4. The van der Waals surface area contributed by atoms with Gasteiger partial charge in [-0.15, -0.1) is 16.0 Å². The third-order valence-electron chi connectivity index (χ3n) is 11.9. The molecule has 13 nitrogen and oxygen atoms in total. The van der Waals surface area contributed by atoms with E-state index in [9.17, 15) is 27.9 Å². The van der Waals surface area contributed by atoms with Crippen LogP contribution in [0.25, 0.3) is 0 Å². The van der Waals surface area contributed by atoms with E-state index in [-0.39, 0.29) is 34.6 Å². The smallest absolute Gasteiger partial charge is 0.421 e. The Hall–Kier alpha value is -3.85. The Balaban J connectivity index is 1.56. The molecule has 2 aliphatic carbocycles. The summed E-state index contributed by atoms with van der Waals surface area (Å²) in [5.41, 5.74) is 3.08. The lowest BCUT2D eigenvalue weighted by atomic mass is 9.63. The van der Waals surface area contributed by atoms with Crippen LogP contribution in [0.2, 0.25) is 0 Å². The summed E-state index contributed by atoms with van der Waals surface area (Å²) in [5, 5.41) is 13.3. The van der Waals surface area contributed by atoms with E-state index in [2.05, 4.69) is 44.0 Å². The molecule has 1 aliphatic heterocycles. The summed E-state index contributed by atoms with van der Waals surface area (Å²) in [7, 11) is -4.49.